The third-order valence-electron chi connectivity index (χ3n) is 4.26. The summed E-state index contributed by atoms with van der Waals surface area (Å²) in [6.07, 6.45) is 1.16. The first-order valence-corrected chi connectivity index (χ1v) is 8.55. The fourth-order valence-electron chi connectivity index (χ4n) is 3.07. The fraction of sp³-hybridized carbons (Fsp3) is 0.600. The standard InChI is InChI=1S/C15H22BrN3O2/c1-3-17(4-2)14-7-8-18(11-14)13-5-6-15(19(20)21)12(9-13)10-16/h5-6,9,14H,3-4,7-8,10-11H2,1-2H3. The second kappa shape index (κ2) is 7.22. The average molecular weight is 356 g/mol. The number of benzene rings is 1. The first kappa shape index (κ1) is 16.2. The summed E-state index contributed by atoms with van der Waals surface area (Å²) in [5.41, 5.74) is 2.02. The van der Waals surface area contributed by atoms with E-state index in [2.05, 4.69) is 39.6 Å². The Kier molecular flexibility index (Phi) is 5.58. The van der Waals surface area contributed by atoms with Crippen molar-refractivity contribution in [1.29, 1.82) is 0 Å². The minimum absolute atomic E-state index is 0.190. The van der Waals surface area contributed by atoms with E-state index >= 15 is 0 Å². The summed E-state index contributed by atoms with van der Waals surface area (Å²) in [5, 5.41) is 11.5. The van der Waals surface area contributed by atoms with Crippen LogP contribution in [0.2, 0.25) is 0 Å². The lowest BCUT2D eigenvalue weighted by atomic mass is 10.1. The van der Waals surface area contributed by atoms with E-state index in [1.54, 1.807) is 6.07 Å². The maximum Gasteiger partial charge on any atom is 0.273 e. The molecule has 0 saturated carbocycles. The molecule has 1 atom stereocenters. The second-order valence-corrected chi connectivity index (χ2v) is 5.87. The first-order valence-electron chi connectivity index (χ1n) is 7.43. The summed E-state index contributed by atoms with van der Waals surface area (Å²) >= 11 is 3.35. The molecule has 0 radical (unpaired) electrons. The Morgan fingerprint density at radius 2 is 2.14 bits per heavy atom. The van der Waals surface area contributed by atoms with E-state index in [9.17, 15) is 10.1 Å². The molecule has 21 heavy (non-hydrogen) atoms. The molecule has 1 aromatic rings. The SMILES string of the molecule is CCN(CC)C1CCN(c2ccc([N+](=O)[O-])c(CBr)c2)C1. The van der Waals surface area contributed by atoms with Gasteiger partial charge in [-0.25, -0.2) is 0 Å². The highest BCUT2D eigenvalue weighted by Gasteiger charge is 2.27. The molecule has 0 bridgehead atoms. The Morgan fingerprint density at radius 3 is 2.71 bits per heavy atom. The van der Waals surface area contributed by atoms with E-state index in [1.165, 1.54) is 0 Å². The van der Waals surface area contributed by atoms with Crippen LogP contribution in [0.5, 0.6) is 0 Å². The Bertz CT molecular complexity index is 506. The van der Waals surface area contributed by atoms with Crippen LogP contribution in [0.3, 0.4) is 0 Å². The Labute approximate surface area is 134 Å². The Morgan fingerprint density at radius 1 is 1.43 bits per heavy atom. The van der Waals surface area contributed by atoms with E-state index in [-0.39, 0.29) is 10.6 Å². The number of hydrogen-bond acceptors (Lipinski definition) is 4. The van der Waals surface area contributed by atoms with Crippen molar-refractivity contribution in [3.05, 3.63) is 33.9 Å². The maximum atomic E-state index is 11.0. The highest BCUT2D eigenvalue weighted by molar-refractivity contribution is 9.08. The second-order valence-electron chi connectivity index (χ2n) is 5.31. The molecule has 1 aliphatic rings. The number of nitro groups is 1. The lowest BCUT2D eigenvalue weighted by Gasteiger charge is -2.26. The lowest BCUT2D eigenvalue weighted by molar-refractivity contribution is -0.385. The van der Waals surface area contributed by atoms with Gasteiger partial charge in [0.05, 0.1) is 4.92 Å². The van der Waals surface area contributed by atoms with E-state index in [0.29, 0.717) is 11.4 Å². The molecule has 1 aliphatic heterocycles. The number of rotatable bonds is 6. The van der Waals surface area contributed by atoms with Gasteiger partial charge in [-0.15, -0.1) is 0 Å². The minimum atomic E-state index is -0.316. The van der Waals surface area contributed by atoms with Gasteiger partial charge < -0.3 is 4.90 Å². The molecule has 1 saturated heterocycles. The van der Waals surface area contributed by atoms with Crippen LogP contribution in [0.25, 0.3) is 0 Å². The molecule has 0 N–H and O–H groups in total. The molecule has 1 unspecified atom stereocenters. The molecule has 1 heterocycles. The summed E-state index contributed by atoms with van der Waals surface area (Å²) in [6.45, 7) is 8.55. The van der Waals surface area contributed by atoms with Crippen LogP contribution < -0.4 is 4.90 Å². The molecule has 1 fully saturated rings. The van der Waals surface area contributed by atoms with Gasteiger partial charge in [0.25, 0.3) is 5.69 Å². The van der Waals surface area contributed by atoms with Crippen LogP contribution in [-0.4, -0.2) is 42.0 Å². The van der Waals surface area contributed by atoms with Crippen molar-refractivity contribution in [3.8, 4) is 0 Å². The van der Waals surface area contributed by atoms with Crippen LogP contribution >= 0.6 is 15.9 Å². The van der Waals surface area contributed by atoms with E-state index in [1.807, 2.05) is 12.1 Å². The van der Waals surface area contributed by atoms with Gasteiger partial charge in [0, 0.05) is 41.8 Å². The van der Waals surface area contributed by atoms with Gasteiger partial charge in [-0.3, -0.25) is 15.0 Å². The number of anilines is 1. The number of nitrogens with zero attached hydrogens (tertiary/aromatic N) is 3. The van der Waals surface area contributed by atoms with E-state index in [0.717, 1.165) is 43.9 Å². The van der Waals surface area contributed by atoms with Gasteiger partial charge in [0.1, 0.15) is 0 Å². The number of halogens is 1. The molecule has 6 heteroatoms. The first-order chi connectivity index (χ1) is 10.1. The third kappa shape index (κ3) is 3.55. The molecule has 0 spiro atoms. The quantitative estimate of drug-likeness (QED) is 0.445. The van der Waals surface area contributed by atoms with Crippen molar-refractivity contribution >= 4 is 27.3 Å². The third-order valence-corrected chi connectivity index (χ3v) is 4.87. The minimum Gasteiger partial charge on any atom is -0.370 e. The molecule has 0 amide bonds. The van der Waals surface area contributed by atoms with Gasteiger partial charge in [0.15, 0.2) is 0 Å². The molecule has 0 aromatic heterocycles. The largest absolute Gasteiger partial charge is 0.370 e. The smallest absolute Gasteiger partial charge is 0.273 e. The predicted molar refractivity (Wildman–Crippen MR) is 89.3 cm³/mol. The van der Waals surface area contributed by atoms with E-state index in [4.69, 9.17) is 0 Å². The maximum absolute atomic E-state index is 11.0. The normalized spacial score (nSPS) is 18.5. The van der Waals surface area contributed by atoms with Crippen LogP contribution in [0.1, 0.15) is 25.8 Å². The van der Waals surface area contributed by atoms with E-state index < -0.39 is 0 Å². The molecule has 1 aromatic carbocycles. The Hall–Kier alpha value is -1.14. The fourth-order valence-corrected chi connectivity index (χ4v) is 3.52. The van der Waals surface area contributed by atoms with Crippen molar-refractivity contribution in [2.45, 2.75) is 31.6 Å². The zero-order valence-electron chi connectivity index (χ0n) is 12.6. The zero-order chi connectivity index (χ0) is 15.4. The van der Waals surface area contributed by atoms with Gasteiger partial charge in [0.2, 0.25) is 0 Å². The van der Waals surface area contributed by atoms with Crippen molar-refractivity contribution in [1.82, 2.24) is 4.90 Å². The van der Waals surface area contributed by atoms with Crippen molar-refractivity contribution in [3.63, 3.8) is 0 Å². The Balaban J connectivity index is 2.15. The van der Waals surface area contributed by atoms with Gasteiger partial charge in [-0.1, -0.05) is 29.8 Å². The number of nitro benzene ring substituents is 1. The topological polar surface area (TPSA) is 49.6 Å². The number of likely N-dealkylation sites (N-methyl/N-ethyl adjacent to an activating group) is 1. The molecular weight excluding hydrogens is 334 g/mol. The van der Waals surface area contributed by atoms with Gasteiger partial charge in [-0.2, -0.15) is 0 Å². The monoisotopic (exact) mass is 355 g/mol. The summed E-state index contributed by atoms with van der Waals surface area (Å²) in [7, 11) is 0. The predicted octanol–water partition coefficient (Wildman–Crippen LogP) is 3.41. The summed E-state index contributed by atoms with van der Waals surface area (Å²) in [6, 6.07) is 6.02. The molecule has 2 rings (SSSR count). The molecule has 0 aliphatic carbocycles. The van der Waals surface area contributed by atoms with Crippen molar-refractivity contribution in [2.75, 3.05) is 31.1 Å². The van der Waals surface area contributed by atoms with Crippen LogP contribution in [0, 0.1) is 10.1 Å². The highest BCUT2D eigenvalue weighted by Crippen LogP contribution is 2.29. The van der Waals surface area contributed by atoms with Crippen LogP contribution in [0.15, 0.2) is 18.2 Å². The van der Waals surface area contributed by atoms with Gasteiger partial charge >= 0.3 is 0 Å². The van der Waals surface area contributed by atoms with Crippen LogP contribution in [-0.2, 0) is 5.33 Å². The molecular formula is C15H22BrN3O2. The highest BCUT2D eigenvalue weighted by atomic mass is 79.9. The lowest BCUT2D eigenvalue weighted by Crippen LogP contribution is -2.37. The molecule has 5 nitrogen and oxygen atoms in total. The summed E-state index contributed by atoms with van der Waals surface area (Å²) in [5.74, 6) is 0. The zero-order valence-corrected chi connectivity index (χ0v) is 14.2. The van der Waals surface area contributed by atoms with Crippen molar-refractivity contribution in [2.24, 2.45) is 0 Å². The summed E-state index contributed by atoms with van der Waals surface area (Å²) in [4.78, 5) is 15.5. The molecule has 116 valence electrons. The number of alkyl halides is 1. The summed E-state index contributed by atoms with van der Waals surface area (Å²) < 4.78 is 0. The average Bonchev–Trinajstić information content (AvgIpc) is 2.97. The van der Waals surface area contributed by atoms with Crippen molar-refractivity contribution < 1.29 is 4.92 Å². The van der Waals surface area contributed by atoms with Gasteiger partial charge in [-0.05, 0) is 31.6 Å². The van der Waals surface area contributed by atoms with Crippen LogP contribution in [0.4, 0.5) is 11.4 Å². The number of hydrogen-bond donors (Lipinski definition) is 0.